The number of guanidine groups is 1. The summed E-state index contributed by atoms with van der Waals surface area (Å²) in [6.45, 7) is 3.83. The largest absolute Gasteiger partial charge is 0.454 e. The summed E-state index contributed by atoms with van der Waals surface area (Å²) < 4.78 is 11.4. The number of fused-ring (bicyclic) bond motifs is 1. The van der Waals surface area contributed by atoms with E-state index in [1.165, 1.54) is 11.3 Å². The normalized spacial score (nSPS) is 14.4. The van der Waals surface area contributed by atoms with Crippen molar-refractivity contribution >= 4 is 28.9 Å². The standard InChI is InChI=1S/C17H20ClN3O3S/c1-2-19-17(21-9-12(22)15-5-6-16(18)25-15)20-8-11-3-4-13-14(7-11)24-10-23-13/h3-7,12,22H,2,8-10H2,1H3,(H2,19,20,21). The first-order valence-electron chi connectivity index (χ1n) is 7.99. The highest BCUT2D eigenvalue weighted by Crippen LogP contribution is 2.32. The number of nitrogens with zero attached hydrogens (tertiary/aromatic N) is 1. The van der Waals surface area contributed by atoms with E-state index in [9.17, 15) is 5.11 Å². The molecule has 1 unspecified atom stereocenters. The van der Waals surface area contributed by atoms with Crippen LogP contribution in [0.15, 0.2) is 35.3 Å². The van der Waals surface area contributed by atoms with Crippen molar-refractivity contribution < 1.29 is 14.6 Å². The van der Waals surface area contributed by atoms with Gasteiger partial charge in [-0.2, -0.15) is 0 Å². The minimum absolute atomic E-state index is 0.261. The molecule has 0 saturated heterocycles. The maximum atomic E-state index is 10.2. The Bertz CT molecular complexity index is 750. The summed E-state index contributed by atoms with van der Waals surface area (Å²) in [5, 5.41) is 16.5. The van der Waals surface area contributed by atoms with Gasteiger partial charge in [-0.15, -0.1) is 11.3 Å². The van der Waals surface area contributed by atoms with Crippen LogP contribution in [-0.2, 0) is 6.54 Å². The van der Waals surface area contributed by atoms with Crippen LogP contribution in [0.1, 0.15) is 23.5 Å². The molecule has 1 aromatic carbocycles. The Labute approximate surface area is 155 Å². The highest BCUT2D eigenvalue weighted by atomic mass is 35.5. The van der Waals surface area contributed by atoms with Gasteiger partial charge in [-0.25, -0.2) is 4.99 Å². The maximum absolute atomic E-state index is 10.2. The summed E-state index contributed by atoms with van der Waals surface area (Å²) >= 11 is 7.28. The molecule has 134 valence electrons. The summed E-state index contributed by atoms with van der Waals surface area (Å²) in [7, 11) is 0. The summed E-state index contributed by atoms with van der Waals surface area (Å²) in [6.07, 6.45) is -0.633. The molecule has 3 N–H and O–H groups in total. The van der Waals surface area contributed by atoms with E-state index in [1.807, 2.05) is 31.2 Å². The van der Waals surface area contributed by atoms with E-state index in [0.717, 1.165) is 28.5 Å². The summed E-state index contributed by atoms with van der Waals surface area (Å²) in [4.78, 5) is 5.37. The van der Waals surface area contributed by atoms with Gasteiger partial charge in [0.25, 0.3) is 0 Å². The second-order valence-electron chi connectivity index (χ2n) is 5.42. The van der Waals surface area contributed by atoms with Crippen LogP contribution in [-0.4, -0.2) is 30.9 Å². The van der Waals surface area contributed by atoms with Gasteiger partial charge in [0.05, 0.1) is 10.9 Å². The number of halogens is 1. The molecule has 6 nitrogen and oxygen atoms in total. The zero-order valence-electron chi connectivity index (χ0n) is 13.8. The molecule has 0 amide bonds. The zero-order valence-corrected chi connectivity index (χ0v) is 15.4. The number of hydrogen-bond acceptors (Lipinski definition) is 5. The average molecular weight is 382 g/mol. The molecule has 0 bridgehead atoms. The Morgan fingerprint density at radius 2 is 2.12 bits per heavy atom. The molecule has 0 spiro atoms. The van der Waals surface area contributed by atoms with Crippen molar-refractivity contribution in [2.75, 3.05) is 19.9 Å². The third-order valence-corrected chi connectivity index (χ3v) is 4.92. The van der Waals surface area contributed by atoms with E-state index >= 15 is 0 Å². The molecule has 1 aromatic heterocycles. The van der Waals surface area contributed by atoms with Crippen LogP contribution in [0.2, 0.25) is 4.34 Å². The molecule has 2 aromatic rings. The predicted octanol–water partition coefficient (Wildman–Crippen LogP) is 2.92. The van der Waals surface area contributed by atoms with Gasteiger partial charge in [-0.05, 0) is 36.8 Å². The molecule has 2 heterocycles. The van der Waals surface area contributed by atoms with Gasteiger partial charge in [-0.1, -0.05) is 17.7 Å². The fourth-order valence-electron chi connectivity index (χ4n) is 2.35. The Morgan fingerprint density at radius 1 is 1.28 bits per heavy atom. The van der Waals surface area contributed by atoms with E-state index < -0.39 is 6.10 Å². The van der Waals surface area contributed by atoms with Crippen LogP contribution in [0.4, 0.5) is 0 Å². The molecular formula is C17H20ClN3O3S. The van der Waals surface area contributed by atoms with Gasteiger partial charge in [-0.3, -0.25) is 0 Å². The van der Waals surface area contributed by atoms with Crippen LogP contribution in [0.25, 0.3) is 0 Å². The van der Waals surface area contributed by atoms with Crippen molar-refractivity contribution in [1.82, 2.24) is 10.6 Å². The number of ether oxygens (including phenoxy) is 2. The van der Waals surface area contributed by atoms with Gasteiger partial charge in [0.15, 0.2) is 17.5 Å². The minimum Gasteiger partial charge on any atom is -0.454 e. The minimum atomic E-state index is -0.633. The Morgan fingerprint density at radius 3 is 2.88 bits per heavy atom. The Balaban J connectivity index is 1.59. The van der Waals surface area contributed by atoms with Crippen LogP contribution in [0, 0.1) is 0 Å². The fraction of sp³-hybridized carbons (Fsp3) is 0.353. The molecule has 25 heavy (non-hydrogen) atoms. The van der Waals surface area contributed by atoms with Crippen molar-refractivity contribution in [2.45, 2.75) is 19.6 Å². The highest BCUT2D eigenvalue weighted by molar-refractivity contribution is 7.16. The lowest BCUT2D eigenvalue weighted by Gasteiger charge is -2.14. The summed E-state index contributed by atoms with van der Waals surface area (Å²) in [5.41, 5.74) is 1.02. The molecule has 1 atom stereocenters. The molecule has 3 rings (SSSR count). The lowest BCUT2D eigenvalue weighted by Crippen LogP contribution is -2.39. The van der Waals surface area contributed by atoms with Crippen molar-refractivity contribution in [3.63, 3.8) is 0 Å². The third kappa shape index (κ3) is 4.78. The monoisotopic (exact) mass is 381 g/mol. The average Bonchev–Trinajstić information content (AvgIpc) is 3.25. The number of aliphatic hydroxyl groups is 1. The van der Waals surface area contributed by atoms with Gasteiger partial charge >= 0.3 is 0 Å². The number of hydrogen-bond donors (Lipinski definition) is 3. The van der Waals surface area contributed by atoms with Gasteiger partial charge < -0.3 is 25.2 Å². The van der Waals surface area contributed by atoms with Crippen molar-refractivity contribution in [1.29, 1.82) is 0 Å². The molecule has 0 fully saturated rings. The topological polar surface area (TPSA) is 75.1 Å². The van der Waals surface area contributed by atoms with Crippen LogP contribution in [0.3, 0.4) is 0 Å². The molecule has 0 aliphatic carbocycles. The maximum Gasteiger partial charge on any atom is 0.231 e. The lowest BCUT2D eigenvalue weighted by molar-refractivity contribution is 0.174. The summed E-state index contributed by atoms with van der Waals surface area (Å²) in [6, 6.07) is 9.39. The number of rotatable bonds is 6. The van der Waals surface area contributed by atoms with Crippen LogP contribution < -0.4 is 20.1 Å². The van der Waals surface area contributed by atoms with E-state index in [1.54, 1.807) is 6.07 Å². The van der Waals surface area contributed by atoms with Gasteiger partial charge in [0, 0.05) is 18.0 Å². The fourth-order valence-corrected chi connectivity index (χ4v) is 3.40. The molecule has 1 aliphatic rings. The molecule has 8 heteroatoms. The van der Waals surface area contributed by atoms with Crippen molar-refractivity contribution in [3.8, 4) is 11.5 Å². The Kier molecular flexibility index (Phi) is 6.01. The van der Waals surface area contributed by atoms with Crippen LogP contribution in [0.5, 0.6) is 11.5 Å². The highest BCUT2D eigenvalue weighted by Gasteiger charge is 2.13. The lowest BCUT2D eigenvalue weighted by atomic mass is 10.2. The van der Waals surface area contributed by atoms with Gasteiger partial charge in [0.1, 0.15) is 6.10 Å². The number of aliphatic hydroxyl groups excluding tert-OH is 1. The smallest absolute Gasteiger partial charge is 0.231 e. The number of nitrogens with one attached hydrogen (secondary N) is 2. The first-order chi connectivity index (χ1) is 12.2. The van der Waals surface area contributed by atoms with Crippen LogP contribution >= 0.6 is 22.9 Å². The molecule has 1 aliphatic heterocycles. The predicted molar refractivity (Wildman–Crippen MR) is 99.7 cm³/mol. The second-order valence-corrected chi connectivity index (χ2v) is 7.17. The third-order valence-electron chi connectivity index (χ3n) is 3.59. The molecule has 0 saturated carbocycles. The van der Waals surface area contributed by atoms with E-state index in [4.69, 9.17) is 21.1 Å². The van der Waals surface area contributed by atoms with E-state index in [-0.39, 0.29) is 6.79 Å². The van der Waals surface area contributed by atoms with E-state index in [0.29, 0.717) is 23.4 Å². The Hall–Kier alpha value is -1.96. The number of thiophene rings is 1. The zero-order chi connectivity index (χ0) is 17.6. The number of aliphatic imine (C=N–C) groups is 1. The second kappa shape index (κ2) is 8.42. The van der Waals surface area contributed by atoms with Gasteiger partial charge in [0.2, 0.25) is 6.79 Å². The first kappa shape index (κ1) is 17.8. The SMILES string of the molecule is CCNC(=NCc1ccc2c(c1)OCO2)NCC(O)c1ccc(Cl)s1. The van der Waals surface area contributed by atoms with Crippen molar-refractivity contribution in [2.24, 2.45) is 4.99 Å². The molecular weight excluding hydrogens is 362 g/mol. The first-order valence-corrected chi connectivity index (χ1v) is 9.19. The van der Waals surface area contributed by atoms with E-state index in [2.05, 4.69) is 15.6 Å². The number of benzene rings is 1. The summed E-state index contributed by atoms with van der Waals surface area (Å²) in [5.74, 6) is 2.15. The molecule has 0 radical (unpaired) electrons. The van der Waals surface area contributed by atoms with Crippen molar-refractivity contribution in [3.05, 3.63) is 45.1 Å². The quantitative estimate of drug-likeness (QED) is 0.530.